The molecule has 0 N–H and O–H groups in total. The van der Waals surface area contributed by atoms with Crippen molar-refractivity contribution in [1.29, 1.82) is 0 Å². The molecule has 0 saturated carbocycles. The van der Waals surface area contributed by atoms with Crippen LogP contribution in [0.1, 0.15) is 17.8 Å². The Morgan fingerprint density at radius 3 is 2.35 bits per heavy atom. The molecule has 0 saturated heterocycles. The molecule has 0 fully saturated rings. The number of aromatic nitrogens is 2. The van der Waals surface area contributed by atoms with Gasteiger partial charge in [-0.1, -0.05) is 12.1 Å². The summed E-state index contributed by atoms with van der Waals surface area (Å²) in [5, 5.41) is 0. The topological polar surface area (TPSA) is 17.8 Å². The quantitative estimate of drug-likeness (QED) is 0.739. The van der Waals surface area contributed by atoms with Gasteiger partial charge in [-0.2, -0.15) is 0 Å². The van der Waals surface area contributed by atoms with E-state index in [4.69, 9.17) is 23.2 Å². The molecule has 2 rings (SSSR count). The van der Waals surface area contributed by atoms with Gasteiger partial charge in [0, 0.05) is 43.0 Å². The fourth-order valence-electron chi connectivity index (χ4n) is 2.26. The average molecular weight is 315 g/mol. The lowest BCUT2D eigenvalue weighted by Crippen LogP contribution is -2.31. The normalized spacial score (nSPS) is 11.8. The van der Waals surface area contributed by atoms with Gasteiger partial charge in [0.1, 0.15) is 11.6 Å². The Kier molecular flexibility index (Phi) is 5.06. The zero-order valence-electron chi connectivity index (χ0n) is 11.3. The number of hydrogen-bond acceptors (Lipinski definition) is 1. The van der Waals surface area contributed by atoms with Crippen molar-refractivity contribution in [3.8, 4) is 0 Å². The molecule has 0 aliphatic rings. The first-order chi connectivity index (χ1) is 9.61. The van der Waals surface area contributed by atoms with Gasteiger partial charge in [0.05, 0.1) is 0 Å². The van der Waals surface area contributed by atoms with Crippen molar-refractivity contribution in [3.63, 3.8) is 0 Å². The van der Waals surface area contributed by atoms with E-state index in [-0.39, 0.29) is 11.2 Å². The van der Waals surface area contributed by atoms with Gasteiger partial charge < -0.3 is 4.57 Å². The van der Waals surface area contributed by atoms with Crippen LogP contribution in [0.15, 0.2) is 36.7 Å². The lowest BCUT2D eigenvalue weighted by atomic mass is 9.80. The molecular formula is C15H17Cl2FN2. The maximum atomic E-state index is 13.1. The standard InChI is InChI=1S/C15H17Cl2FN2/c1-20-9-8-19-14(20)6-7-15(10-16,11-17)12-2-4-13(18)5-3-12/h2-5,8-9H,6-7,10-11H2,1H3. The van der Waals surface area contributed by atoms with Gasteiger partial charge in [-0.25, -0.2) is 9.37 Å². The van der Waals surface area contributed by atoms with Crippen molar-refractivity contribution in [3.05, 3.63) is 53.9 Å². The van der Waals surface area contributed by atoms with Crippen LogP contribution in [0.4, 0.5) is 4.39 Å². The van der Waals surface area contributed by atoms with Gasteiger partial charge in [0.15, 0.2) is 0 Å². The number of hydrogen-bond donors (Lipinski definition) is 0. The molecule has 0 unspecified atom stereocenters. The van der Waals surface area contributed by atoms with Crippen molar-refractivity contribution in [2.75, 3.05) is 11.8 Å². The molecule has 108 valence electrons. The predicted octanol–water partition coefficient (Wildman–Crippen LogP) is 3.91. The molecule has 2 nitrogen and oxygen atoms in total. The maximum absolute atomic E-state index is 13.1. The minimum atomic E-state index is -0.358. The van der Waals surface area contributed by atoms with Crippen LogP contribution in [-0.2, 0) is 18.9 Å². The largest absolute Gasteiger partial charge is 0.338 e. The molecule has 1 aromatic carbocycles. The van der Waals surface area contributed by atoms with Gasteiger partial charge in [0.2, 0.25) is 0 Å². The van der Waals surface area contributed by atoms with E-state index >= 15 is 0 Å². The number of benzene rings is 1. The third-order valence-electron chi connectivity index (χ3n) is 3.72. The van der Waals surface area contributed by atoms with Gasteiger partial charge >= 0.3 is 0 Å². The molecule has 0 atom stereocenters. The highest BCUT2D eigenvalue weighted by Crippen LogP contribution is 2.32. The Morgan fingerprint density at radius 1 is 1.20 bits per heavy atom. The highest BCUT2D eigenvalue weighted by Gasteiger charge is 2.30. The molecule has 0 aliphatic carbocycles. The fraction of sp³-hybridized carbons (Fsp3) is 0.400. The zero-order chi connectivity index (χ0) is 14.6. The Balaban J connectivity index is 2.21. The van der Waals surface area contributed by atoms with Crippen molar-refractivity contribution < 1.29 is 4.39 Å². The molecule has 0 amide bonds. The summed E-state index contributed by atoms with van der Waals surface area (Å²) >= 11 is 12.3. The number of imidazole rings is 1. The molecule has 2 aromatic rings. The van der Waals surface area contributed by atoms with Gasteiger partial charge in [-0.05, 0) is 24.1 Å². The summed E-state index contributed by atoms with van der Waals surface area (Å²) in [6.07, 6.45) is 5.24. The van der Waals surface area contributed by atoms with Gasteiger partial charge in [0.25, 0.3) is 0 Å². The van der Waals surface area contributed by atoms with Crippen molar-refractivity contribution >= 4 is 23.2 Å². The minimum Gasteiger partial charge on any atom is -0.338 e. The third-order valence-corrected chi connectivity index (χ3v) is 4.74. The average Bonchev–Trinajstić information content (AvgIpc) is 2.88. The lowest BCUT2D eigenvalue weighted by molar-refractivity contribution is 0.480. The fourth-order valence-corrected chi connectivity index (χ4v) is 3.12. The summed E-state index contributed by atoms with van der Waals surface area (Å²) in [6, 6.07) is 6.42. The summed E-state index contributed by atoms with van der Waals surface area (Å²) < 4.78 is 15.0. The highest BCUT2D eigenvalue weighted by molar-refractivity contribution is 6.22. The number of aryl methyl sites for hydroxylation is 2. The Labute approximate surface area is 128 Å². The van der Waals surface area contributed by atoms with E-state index in [0.717, 1.165) is 24.2 Å². The number of rotatable bonds is 6. The van der Waals surface area contributed by atoms with Gasteiger partial charge in [-0.3, -0.25) is 0 Å². The molecular weight excluding hydrogens is 298 g/mol. The van der Waals surface area contributed by atoms with E-state index in [1.807, 2.05) is 17.8 Å². The smallest absolute Gasteiger partial charge is 0.123 e. The van der Waals surface area contributed by atoms with Crippen LogP contribution in [0, 0.1) is 5.82 Å². The van der Waals surface area contributed by atoms with Crippen LogP contribution in [0.3, 0.4) is 0 Å². The first-order valence-corrected chi connectivity index (χ1v) is 7.52. The summed E-state index contributed by atoms with van der Waals surface area (Å²) in [6.45, 7) is 0. The second-order valence-electron chi connectivity index (χ2n) is 5.01. The second-order valence-corrected chi connectivity index (χ2v) is 5.54. The van der Waals surface area contributed by atoms with Crippen LogP contribution in [0.2, 0.25) is 0 Å². The molecule has 0 spiro atoms. The molecule has 5 heteroatoms. The molecule has 0 radical (unpaired) electrons. The number of halogens is 3. The monoisotopic (exact) mass is 314 g/mol. The van der Waals surface area contributed by atoms with E-state index in [1.165, 1.54) is 12.1 Å². The Hall–Kier alpha value is -1.06. The zero-order valence-corrected chi connectivity index (χ0v) is 12.8. The third kappa shape index (κ3) is 3.15. The summed E-state index contributed by atoms with van der Waals surface area (Å²) in [5.41, 5.74) is 0.612. The molecule has 0 bridgehead atoms. The molecule has 1 aromatic heterocycles. The summed E-state index contributed by atoms with van der Waals surface area (Å²) in [5.74, 6) is 1.53. The highest BCUT2D eigenvalue weighted by atomic mass is 35.5. The maximum Gasteiger partial charge on any atom is 0.123 e. The lowest BCUT2D eigenvalue weighted by Gasteiger charge is -2.30. The van der Waals surface area contributed by atoms with E-state index in [1.54, 1.807) is 18.3 Å². The van der Waals surface area contributed by atoms with Crippen LogP contribution in [0.5, 0.6) is 0 Å². The van der Waals surface area contributed by atoms with E-state index in [9.17, 15) is 4.39 Å². The second kappa shape index (κ2) is 6.59. The van der Waals surface area contributed by atoms with Crippen LogP contribution >= 0.6 is 23.2 Å². The Bertz CT molecular complexity index is 547. The first kappa shape index (κ1) is 15.3. The SMILES string of the molecule is Cn1ccnc1CCC(CCl)(CCl)c1ccc(F)cc1. The van der Waals surface area contributed by atoms with Crippen molar-refractivity contribution in [2.45, 2.75) is 18.3 Å². The molecule has 1 heterocycles. The van der Waals surface area contributed by atoms with Crippen LogP contribution in [0.25, 0.3) is 0 Å². The number of alkyl halides is 2. The predicted molar refractivity (Wildman–Crippen MR) is 81.0 cm³/mol. The van der Waals surface area contributed by atoms with Crippen LogP contribution in [-0.4, -0.2) is 21.3 Å². The van der Waals surface area contributed by atoms with E-state index in [0.29, 0.717) is 11.8 Å². The minimum absolute atomic E-state index is 0.254. The van der Waals surface area contributed by atoms with E-state index in [2.05, 4.69) is 4.98 Å². The summed E-state index contributed by atoms with van der Waals surface area (Å²) in [7, 11) is 1.96. The molecule has 0 aliphatic heterocycles. The van der Waals surface area contributed by atoms with Crippen molar-refractivity contribution in [2.24, 2.45) is 7.05 Å². The first-order valence-electron chi connectivity index (χ1n) is 6.45. The van der Waals surface area contributed by atoms with E-state index < -0.39 is 0 Å². The van der Waals surface area contributed by atoms with Crippen molar-refractivity contribution in [1.82, 2.24) is 9.55 Å². The van der Waals surface area contributed by atoms with Crippen LogP contribution < -0.4 is 0 Å². The van der Waals surface area contributed by atoms with Gasteiger partial charge in [-0.15, -0.1) is 23.2 Å². The molecule has 20 heavy (non-hydrogen) atoms. The summed E-state index contributed by atoms with van der Waals surface area (Å²) in [4.78, 5) is 4.31. The number of nitrogens with zero attached hydrogens (tertiary/aromatic N) is 2. The Morgan fingerprint density at radius 2 is 1.85 bits per heavy atom.